The predicted octanol–water partition coefficient (Wildman–Crippen LogP) is 5.42. The Morgan fingerprint density at radius 3 is 1.94 bits per heavy atom. The quantitative estimate of drug-likeness (QED) is 0.598. The van der Waals surface area contributed by atoms with Gasteiger partial charge in [0.15, 0.2) is 0 Å². The molecule has 0 aromatic carbocycles. The Morgan fingerprint density at radius 2 is 1.38 bits per heavy atom. The molecular formula is C16H30. The molecule has 1 atom stereocenters. The molecule has 0 heteroatoms. The molecule has 0 aliphatic heterocycles. The monoisotopic (exact) mass is 222 g/mol. The molecule has 16 heavy (non-hydrogen) atoms. The molecule has 2 aliphatic rings. The largest absolute Gasteiger partial charge is 0.0651 e. The minimum atomic E-state index is 0.979. The maximum Gasteiger partial charge on any atom is -0.0386 e. The molecule has 2 aliphatic carbocycles. The van der Waals surface area contributed by atoms with Crippen LogP contribution in [-0.2, 0) is 0 Å². The van der Waals surface area contributed by atoms with Gasteiger partial charge in [-0.2, -0.15) is 0 Å². The summed E-state index contributed by atoms with van der Waals surface area (Å²) in [4.78, 5) is 0. The number of hydrogen-bond donors (Lipinski definition) is 0. The van der Waals surface area contributed by atoms with Gasteiger partial charge in [0.05, 0.1) is 0 Å². The summed E-state index contributed by atoms with van der Waals surface area (Å²) in [7, 11) is 0. The Bertz CT molecular complexity index is 182. The minimum absolute atomic E-state index is 0.979. The summed E-state index contributed by atoms with van der Waals surface area (Å²) < 4.78 is 0. The van der Waals surface area contributed by atoms with E-state index in [1.807, 2.05) is 0 Å². The summed E-state index contributed by atoms with van der Waals surface area (Å²) in [6, 6.07) is 0. The molecule has 0 nitrogen and oxygen atoms in total. The molecule has 0 radical (unpaired) electrons. The van der Waals surface area contributed by atoms with Crippen molar-refractivity contribution in [2.75, 3.05) is 0 Å². The second-order valence-corrected chi connectivity index (χ2v) is 6.46. The Labute approximate surface area is 102 Å². The van der Waals surface area contributed by atoms with Gasteiger partial charge in [-0.05, 0) is 49.4 Å². The lowest BCUT2D eigenvalue weighted by molar-refractivity contribution is 0.142. The fourth-order valence-electron chi connectivity index (χ4n) is 4.12. The summed E-state index contributed by atoms with van der Waals surface area (Å²) >= 11 is 0. The number of hydrogen-bond acceptors (Lipinski definition) is 0. The van der Waals surface area contributed by atoms with E-state index in [0.29, 0.717) is 0 Å². The van der Waals surface area contributed by atoms with Crippen molar-refractivity contribution in [1.29, 1.82) is 0 Å². The van der Waals surface area contributed by atoms with E-state index < -0.39 is 0 Å². The highest BCUT2D eigenvalue weighted by Gasteiger charge is 2.29. The first-order valence-electron chi connectivity index (χ1n) is 7.81. The van der Waals surface area contributed by atoms with Crippen LogP contribution < -0.4 is 0 Å². The lowest BCUT2D eigenvalue weighted by Crippen LogP contribution is -2.25. The van der Waals surface area contributed by atoms with Crippen LogP contribution in [0, 0.1) is 23.7 Å². The van der Waals surface area contributed by atoms with Crippen molar-refractivity contribution < 1.29 is 0 Å². The zero-order chi connectivity index (χ0) is 11.4. The molecule has 2 fully saturated rings. The Kier molecular flexibility index (Phi) is 4.73. The molecule has 0 saturated heterocycles. The first-order chi connectivity index (χ1) is 7.81. The average molecular weight is 222 g/mol. The van der Waals surface area contributed by atoms with Gasteiger partial charge in [0.2, 0.25) is 0 Å². The van der Waals surface area contributed by atoms with Crippen molar-refractivity contribution >= 4 is 0 Å². The average Bonchev–Trinajstić information content (AvgIpc) is 2.39. The molecule has 0 spiro atoms. The van der Waals surface area contributed by atoms with Gasteiger partial charge in [-0.3, -0.25) is 0 Å². The topological polar surface area (TPSA) is 0 Å². The standard InChI is InChI=1S/C16H30/c1-3-13(2)14-9-11-16(12-10-14)15-7-5-4-6-8-15/h13-16H,3-12H2,1-2H3. The van der Waals surface area contributed by atoms with Crippen LogP contribution in [0.15, 0.2) is 0 Å². The van der Waals surface area contributed by atoms with Crippen LogP contribution in [0.25, 0.3) is 0 Å². The Hall–Kier alpha value is 0. The SMILES string of the molecule is CCC(C)C1CCC(C2CCCCC2)CC1. The highest BCUT2D eigenvalue weighted by Crippen LogP contribution is 2.42. The molecule has 2 saturated carbocycles. The molecule has 0 aromatic rings. The second kappa shape index (κ2) is 6.07. The molecule has 0 bridgehead atoms. The molecular weight excluding hydrogens is 192 g/mol. The van der Waals surface area contributed by atoms with E-state index in [1.165, 1.54) is 38.5 Å². The van der Waals surface area contributed by atoms with Gasteiger partial charge in [-0.25, -0.2) is 0 Å². The molecule has 0 N–H and O–H groups in total. The third kappa shape index (κ3) is 3.02. The van der Waals surface area contributed by atoms with E-state index in [-0.39, 0.29) is 0 Å². The summed E-state index contributed by atoms with van der Waals surface area (Å²) in [5, 5.41) is 0. The van der Waals surface area contributed by atoms with Crippen LogP contribution in [0.3, 0.4) is 0 Å². The van der Waals surface area contributed by atoms with Gasteiger partial charge < -0.3 is 0 Å². The first kappa shape index (κ1) is 12.5. The van der Waals surface area contributed by atoms with Gasteiger partial charge >= 0.3 is 0 Å². The molecule has 94 valence electrons. The third-order valence-electron chi connectivity index (χ3n) is 5.58. The number of rotatable bonds is 3. The zero-order valence-electron chi connectivity index (χ0n) is 11.4. The summed E-state index contributed by atoms with van der Waals surface area (Å²) in [5.41, 5.74) is 0. The highest BCUT2D eigenvalue weighted by molar-refractivity contribution is 4.81. The van der Waals surface area contributed by atoms with Gasteiger partial charge in [-0.15, -0.1) is 0 Å². The van der Waals surface area contributed by atoms with Crippen LogP contribution in [0.1, 0.15) is 78.1 Å². The molecule has 0 amide bonds. The van der Waals surface area contributed by atoms with Crippen molar-refractivity contribution in [1.82, 2.24) is 0 Å². The Balaban J connectivity index is 1.75. The van der Waals surface area contributed by atoms with Gasteiger partial charge in [0.25, 0.3) is 0 Å². The van der Waals surface area contributed by atoms with Crippen molar-refractivity contribution in [3.8, 4) is 0 Å². The van der Waals surface area contributed by atoms with Crippen molar-refractivity contribution in [2.45, 2.75) is 78.1 Å². The van der Waals surface area contributed by atoms with Crippen LogP contribution in [-0.4, -0.2) is 0 Å². The maximum atomic E-state index is 2.46. The van der Waals surface area contributed by atoms with E-state index in [0.717, 1.165) is 23.7 Å². The zero-order valence-corrected chi connectivity index (χ0v) is 11.4. The smallest absolute Gasteiger partial charge is 0.0386 e. The van der Waals surface area contributed by atoms with Crippen LogP contribution in [0.4, 0.5) is 0 Å². The van der Waals surface area contributed by atoms with Crippen LogP contribution >= 0.6 is 0 Å². The van der Waals surface area contributed by atoms with Gasteiger partial charge in [0, 0.05) is 0 Å². The third-order valence-corrected chi connectivity index (χ3v) is 5.58. The fraction of sp³-hybridized carbons (Fsp3) is 1.00. The maximum absolute atomic E-state index is 2.46. The van der Waals surface area contributed by atoms with E-state index in [1.54, 1.807) is 25.7 Å². The predicted molar refractivity (Wildman–Crippen MR) is 71.5 cm³/mol. The molecule has 2 rings (SSSR count). The Morgan fingerprint density at radius 1 is 0.812 bits per heavy atom. The lowest BCUT2D eigenvalue weighted by atomic mass is 9.68. The fourth-order valence-corrected chi connectivity index (χ4v) is 4.12. The van der Waals surface area contributed by atoms with E-state index in [2.05, 4.69) is 13.8 Å². The van der Waals surface area contributed by atoms with Gasteiger partial charge in [-0.1, -0.05) is 52.4 Å². The molecule has 0 heterocycles. The van der Waals surface area contributed by atoms with Crippen LogP contribution in [0.5, 0.6) is 0 Å². The minimum Gasteiger partial charge on any atom is -0.0651 e. The summed E-state index contributed by atoms with van der Waals surface area (Å²) in [6.07, 6.45) is 15.2. The first-order valence-corrected chi connectivity index (χ1v) is 7.81. The molecule has 1 unspecified atom stereocenters. The highest BCUT2D eigenvalue weighted by atomic mass is 14.3. The summed E-state index contributed by atoms with van der Waals surface area (Å²) in [6.45, 7) is 4.82. The normalized spacial score (nSPS) is 34.9. The van der Waals surface area contributed by atoms with Crippen molar-refractivity contribution in [3.05, 3.63) is 0 Å². The van der Waals surface area contributed by atoms with Crippen LogP contribution in [0.2, 0.25) is 0 Å². The van der Waals surface area contributed by atoms with E-state index in [9.17, 15) is 0 Å². The van der Waals surface area contributed by atoms with Crippen molar-refractivity contribution in [3.63, 3.8) is 0 Å². The van der Waals surface area contributed by atoms with E-state index in [4.69, 9.17) is 0 Å². The second-order valence-electron chi connectivity index (χ2n) is 6.46. The van der Waals surface area contributed by atoms with Gasteiger partial charge in [0.1, 0.15) is 0 Å². The van der Waals surface area contributed by atoms with E-state index >= 15 is 0 Å². The lowest BCUT2D eigenvalue weighted by Gasteiger charge is -2.37. The van der Waals surface area contributed by atoms with Crippen molar-refractivity contribution in [2.24, 2.45) is 23.7 Å². The molecule has 0 aromatic heterocycles. The summed E-state index contributed by atoms with van der Waals surface area (Å²) in [5.74, 6) is 4.27.